The lowest BCUT2D eigenvalue weighted by Crippen LogP contribution is -2.25. The third-order valence-corrected chi connectivity index (χ3v) is 4.10. The molecule has 0 spiro atoms. The molecule has 1 rings (SSSR count). The summed E-state index contributed by atoms with van der Waals surface area (Å²) in [6.45, 7) is 7.74. The number of benzene rings is 1. The predicted octanol–water partition coefficient (Wildman–Crippen LogP) is 2.89. The highest BCUT2D eigenvalue weighted by Gasteiger charge is 2.01. The van der Waals surface area contributed by atoms with E-state index in [0.29, 0.717) is 0 Å². The zero-order valence-electron chi connectivity index (χ0n) is 11.8. The summed E-state index contributed by atoms with van der Waals surface area (Å²) in [6, 6.07) is 7.88. The first-order chi connectivity index (χ1) is 9.15. The molecule has 1 N–H and O–H groups in total. The lowest BCUT2D eigenvalue weighted by atomic mass is 10.1. The molecule has 0 unspecified atom stereocenters. The summed E-state index contributed by atoms with van der Waals surface area (Å²) in [5.74, 6) is 1.36. The van der Waals surface area contributed by atoms with E-state index in [-0.39, 0.29) is 6.42 Å². The van der Waals surface area contributed by atoms with Crippen LogP contribution in [0.3, 0.4) is 0 Å². The first-order valence-corrected chi connectivity index (χ1v) is 7.90. The summed E-state index contributed by atoms with van der Waals surface area (Å²) in [7, 11) is 0. The topological polar surface area (TPSA) is 40.5 Å². The largest absolute Gasteiger partial charge is 0.481 e. The van der Waals surface area contributed by atoms with E-state index in [1.807, 2.05) is 36.0 Å². The van der Waals surface area contributed by atoms with Gasteiger partial charge in [-0.05, 0) is 24.2 Å². The number of carboxylic acid groups (broad SMARTS) is 1. The second kappa shape index (κ2) is 8.99. The van der Waals surface area contributed by atoms with E-state index in [0.717, 1.165) is 36.7 Å². The first-order valence-electron chi connectivity index (χ1n) is 6.75. The highest BCUT2D eigenvalue weighted by atomic mass is 32.2. The molecule has 0 saturated heterocycles. The van der Waals surface area contributed by atoms with E-state index >= 15 is 0 Å². The van der Waals surface area contributed by atoms with Gasteiger partial charge in [-0.2, -0.15) is 11.8 Å². The van der Waals surface area contributed by atoms with Gasteiger partial charge in [0, 0.05) is 18.1 Å². The number of carboxylic acids is 1. The van der Waals surface area contributed by atoms with Crippen molar-refractivity contribution in [3.8, 4) is 0 Å². The zero-order valence-corrected chi connectivity index (χ0v) is 12.6. The Balaban J connectivity index is 2.28. The van der Waals surface area contributed by atoms with Crippen LogP contribution in [0, 0.1) is 0 Å². The van der Waals surface area contributed by atoms with Crippen LogP contribution in [0.2, 0.25) is 0 Å². The Morgan fingerprint density at radius 2 is 1.74 bits per heavy atom. The van der Waals surface area contributed by atoms with Crippen molar-refractivity contribution in [3.63, 3.8) is 0 Å². The van der Waals surface area contributed by atoms with Gasteiger partial charge < -0.3 is 10.0 Å². The van der Waals surface area contributed by atoms with Crippen molar-refractivity contribution >= 4 is 17.7 Å². The SMILES string of the molecule is CCN(CC)CCSCc1ccc(CC(=O)O)cc1. The minimum Gasteiger partial charge on any atom is -0.481 e. The van der Waals surface area contributed by atoms with Crippen LogP contribution in [-0.4, -0.2) is 41.4 Å². The number of thioether (sulfide) groups is 1. The lowest BCUT2D eigenvalue weighted by Gasteiger charge is -2.17. The summed E-state index contributed by atoms with van der Waals surface area (Å²) in [5, 5.41) is 8.70. The van der Waals surface area contributed by atoms with Crippen molar-refractivity contribution in [3.05, 3.63) is 35.4 Å². The second-order valence-corrected chi connectivity index (χ2v) is 5.57. The Kier molecular flexibility index (Phi) is 7.60. The van der Waals surface area contributed by atoms with E-state index in [2.05, 4.69) is 18.7 Å². The number of hydrogen-bond donors (Lipinski definition) is 1. The van der Waals surface area contributed by atoms with Gasteiger partial charge in [0.2, 0.25) is 0 Å². The summed E-state index contributed by atoms with van der Waals surface area (Å²) in [6.07, 6.45) is 0.107. The third-order valence-electron chi connectivity index (χ3n) is 3.09. The molecule has 0 aliphatic carbocycles. The molecule has 0 aliphatic rings. The monoisotopic (exact) mass is 281 g/mol. The summed E-state index contributed by atoms with van der Waals surface area (Å²) >= 11 is 1.93. The number of aliphatic carboxylic acids is 1. The highest BCUT2D eigenvalue weighted by Crippen LogP contribution is 2.13. The molecular weight excluding hydrogens is 258 g/mol. The highest BCUT2D eigenvalue weighted by molar-refractivity contribution is 7.98. The van der Waals surface area contributed by atoms with Gasteiger partial charge in [0.1, 0.15) is 0 Å². The molecule has 0 aliphatic heterocycles. The van der Waals surface area contributed by atoms with E-state index in [4.69, 9.17) is 5.11 Å². The Bertz CT molecular complexity index is 374. The van der Waals surface area contributed by atoms with Crippen LogP contribution in [0.15, 0.2) is 24.3 Å². The Morgan fingerprint density at radius 1 is 1.16 bits per heavy atom. The Labute approximate surface area is 120 Å². The fourth-order valence-corrected chi connectivity index (χ4v) is 2.81. The molecule has 0 heterocycles. The van der Waals surface area contributed by atoms with Gasteiger partial charge in [-0.25, -0.2) is 0 Å². The van der Waals surface area contributed by atoms with Crippen LogP contribution in [0.4, 0.5) is 0 Å². The van der Waals surface area contributed by atoms with Crippen LogP contribution < -0.4 is 0 Å². The number of carbonyl (C=O) groups is 1. The van der Waals surface area contributed by atoms with Gasteiger partial charge >= 0.3 is 5.97 Å². The minimum absolute atomic E-state index is 0.107. The molecule has 106 valence electrons. The quantitative estimate of drug-likeness (QED) is 0.707. The van der Waals surface area contributed by atoms with Crippen molar-refractivity contribution in [1.82, 2.24) is 4.90 Å². The number of rotatable bonds is 9. The first kappa shape index (κ1) is 16.1. The van der Waals surface area contributed by atoms with Crippen molar-refractivity contribution in [2.45, 2.75) is 26.0 Å². The van der Waals surface area contributed by atoms with Gasteiger partial charge in [0.05, 0.1) is 6.42 Å². The van der Waals surface area contributed by atoms with Crippen LogP contribution in [0.5, 0.6) is 0 Å². The minimum atomic E-state index is -0.777. The molecule has 4 heteroatoms. The van der Waals surface area contributed by atoms with Gasteiger partial charge in [0.25, 0.3) is 0 Å². The summed E-state index contributed by atoms with van der Waals surface area (Å²) in [4.78, 5) is 13.0. The van der Waals surface area contributed by atoms with E-state index < -0.39 is 5.97 Å². The predicted molar refractivity (Wildman–Crippen MR) is 81.7 cm³/mol. The smallest absolute Gasteiger partial charge is 0.307 e. The lowest BCUT2D eigenvalue weighted by molar-refractivity contribution is -0.136. The molecule has 0 bridgehead atoms. The standard InChI is InChI=1S/C15H23NO2S/c1-3-16(4-2)9-10-19-12-14-7-5-13(6-8-14)11-15(17)18/h5-8H,3-4,9-12H2,1-2H3,(H,17,18). The van der Waals surface area contributed by atoms with Gasteiger partial charge in [-0.1, -0.05) is 38.1 Å². The fourth-order valence-electron chi connectivity index (χ4n) is 1.85. The fraction of sp³-hybridized carbons (Fsp3) is 0.533. The average Bonchev–Trinajstić information content (AvgIpc) is 2.40. The maximum absolute atomic E-state index is 10.6. The molecule has 0 radical (unpaired) electrons. The van der Waals surface area contributed by atoms with E-state index in [9.17, 15) is 4.79 Å². The summed E-state index contributed by atoms with van der Waals surface area (Å²) in [5.41, 5.74) is 2.13. The molecule has 19 heavy (non-hydrogen) atoms. The number of hydrogen-bond acceptors (Lipinski definition) is 3. The molecule has 0 fully saturated rings. The molecule has 1 aromatic carbocycles. The maximum Gasteiger partial charge on any atom is 0.307 e. The van der Waals surface area contributed by atoms with Crippen molar-refractivity contribution < 1.29 is 9.90 Å². The zero-order chi connectivity index (χ0) is 14.1. The van der Waals surface area contributed by atoms with Gasteiger partial charge in [0.15, 0.2) is 0 Å². The molecule has 3 nitrogen and oxygen atoms in total. The Hall–Kier alpha value is -1.00. The molecule has 0 aromatic heterocycles. The van der Waals surface area contributed by atoms with Crippen LogP contribution >= 0.6 is 11.8 Å². The maximum atomic E-state index is 10.6. The van der Waals surface area contributed by atoms with E-state index in [1.54, 1.807) is 0 Å². The average molecular weight is 281 g/mol. The van der Waals surface area contributed by atoms with Crippen molar-refractivity contribution in [1.29, 1.82) is 0 Å². The van der Waals surface area contributed by atoms with Gasteiger partial charge in [-0.3, -0.25) is 4.79 Å². The molecule has 0 amide bonds. The van der Waals surface area contributed by atoms with Crippen LogP contribution in [-0.2, 0) is 17.0 Å². The summed E-state index contributed by atoms with van der Waals surface area (Å²) < 4.78 is 0. The van der Waals surface area contributed by atoms with Crippen molar-refractivity contribution in [2.24, 2.45) is 0 Å². The molecule has 0 saturated carbocycles. The Morgan fingerprint density at radius 3 is 2.26 bits per heavy atom. The van der Waals surface area contributed by atoms with Gasteiger partial charge in [-0.15, -0.1) is 0 Å². The molecule has 1 aromatic rings. The van der Waals surface area contributed by atoms with Crippen molar-refractivity contribution in [2.75, 3.05) is 25.4 Å². The third kappa shape index (κ3) is 6.64. The van der Waals surface area contributed by atoms with E-state index in [1.165, 1.54) is 5.56 Å². The molecular formula is C15H23NO2S. The van der Waals surface area contributed by atoms with Crippen LogP contribution in [0.1, 0.15) is 25.0 Å². The van der Waals surface area contributed by atoms with Crippen LogP contribution in [0.25, 0.3) is 0 Å². The molecule has 0 atom stereocenters. The normalized spacial score (nSPS) is 10.9. The second-order valence-electron chi connectivity index (χ2n) is 4.47. The number of nitrogens with zero attached hydrogens (tertiary/aromatic N) is 1.